The molecule has 3 rings (SSSR count). The van der Waals surface area contributed by atoms with Gasteiger partial charge in [0.1, 0.15) is 0 Å². The van der Waals surface area contributed by atoms with Gasteiger partial charge in [-0.3, -0.25) is 15.0 Å². The molecule has 1 aliphatic carbocycles. The van der Waals surface area contributed by atoms with E-state index in [9.17, 15) is 4.79 Å². The summed E-state index contributed by atoms with van der Waals surface area (Å²) in [6, 6.07) is 10.3. The summed E-state index contributed by atoms with van der Waals surface area (Å²) in [6.45, 7) is 2.27. The fraction of sp³-hybridized carbons (Fsp3) is 0.438. The topological polar surface area (TPSA) is 60.7 Å². The summed E-state index contributed by atoms with van der Waals surface area (Å²) in [4.78, 5) is 11.1. The molecule has 1 heterocycles. The summed E-state index contributed by atoms with van der Waals surface area (Å²) < 4.78 is 0. The SMILES string of the molecule is CC(Nc1ccc(-c2cc(=O)[nH][nH]2)cc1)C1CCCC1. The van der Waals surface area contributed by atoms with E-state index < -0.39 is 0 Å². The van der Waals surface area contributed by atoms with Crippen LogP contribution in [0.3, 0.4) is 0 Å². The number of aromatic amines is 2. The molecule has 1 aromatic carbocycles. The van der Waals surface area contributed by atoms with E-state index in [4.69, 9.17) is 0 Å². The fourth-order valence-electron chi connectivity index (χ4n) is 3.07. The van der Waals surface area contributed by atoms with E-state index in [1.807, 2.05) is 12.1 Å². The third-order valence-electron chi connectivity index (χ3n) is 4.29. The van der Waals surface area contributed by atoms with Gasteiger partial charge >= 0.3 is 0 Å². The molecule has 1 atom stereocenters. The lowest BCUT2D eigenvalue weighted by molar-refractivity contribution is 0.482. The molecule has 0 saturated heterocycles. The Labute approximate surface area is 118 Å². The maximum Gasteiger partial charge on any atom is 0.264 e. The highest BCUT2D eigenvalue weighted by Crippen LogP contribution is 2.29. The Kier molecular flexibility index (Phi) is 3.63. The molecule has 3 N–H and O–H groups in total. The van der Waals surface area contributed by atoms with Gasteiger partial charge in [0.15, 0.2) is 0 Å². The van der Waals surface area contributed by atoms with Gasteiger partial charge in [0.25, 0.3) is 5.56 Å². The van der Waals surface area contributed by atoms with Crippen molar-refractivity contribution in [2.45, 2.75) is 38.6 Å². The highest BCUT2D eigenvalue weighted by atomic mass is 16.1. The number of hydrogen-bond donors (Lipinski definition) is 3. The Morgan fingerprint density at radius 2 is 1.85 bits per heavy atom. The lowest BCUT2D eigenvalue weighted by Crippen LogP contribution is -2.23. The smallest absolute Gasteiger partial charge is 0.264 e. The van der Waals surface area contributed by atoms with Crippen LogP contribution in [0, 0.1) is 5.92 Å². The standard InChI is InChI=1S/C16H21N3O/c1-11(12-4-2-3-5-12)17-14-8-6-13(7-9-14)15-10-16(20)19-18-15/h6-12,17H,2-5H2,1H3,(H2,18,19,20). The summed E-state index contributed by atoms with van der Waals surface area (Å²) in [5.41, 5.74) is 2.89. The summed E-state index contributed by atoms with van der Waals surface area (Å²) in [5.74, 6) is 0.802. The van der Waals surface area contributed by atoms with Gasteiger partial charge in [-0.25, -0.2) is 0 Å². The first kappa shape index (κ1) is 13.0. The lowest BCUT2D eigenvalue weighted by atomic mass is 9.99. The molecular weight excluding hydrogens is 250 g/mol. The number of rotatable bonds is 4. The van der Waals surface area contributed by atoms with E-state index in [0.717, 1.165) is 22.9 Å². The lowest BCUT2D eigenvalue weighted by Gasteiger charge is -2.21. The summed E-state index contributed by atoms with van der Waals surface area (Å²) in [6.07, 6.45) is 5.43. The van der Waals surface area contributed by atoms with Crippen LogP contribution in [-0.2, 0) is 0 Å². The van der Waals surface area contributed by atoms with Gasteiger partial charge in [0, 0.05) is 17.8 Å². The molecular formula is C16H21N3O. The molecule has 1 aliphatic rings. The first-order chi connectivity index (χ1) is 9.72. The highest BCUT2D eigenvalue weighted by Gasteiger charge is 2.21. The minimum absolute atomic E-state index is 0.0999. The molecule has 0 spiro atoms. The predicted octanol–water partition coefficient (Wildman–Crippen LogP) is 3.36. The molecule has 1 fully saturated rings. The Morgan fingerprint density at radius 3 is 2.45 bits per heavy atom. The van der Waals surface area contributed by atoms with Gasteiger partial charge in [-0.15, -0.1) is 0 Å². The van der Waals surface area contributed by atoms with Gasteiger partial charge < -0.3 is 5.32 Å². The maximum absolute atomic E-state index is 11.1. The van der Waals surface area contributed by atoms with E-state index >= 15 is 0 Å². The third kappa shape index (κ3) is 2.79. The molecule has 1 saturated carbocycles. The normalized spacial score (nSPS) is 17.2. The van der Waals surface area contributed by atoms with E-state index in [1.54, 1.807) is 6.07 Å². The van der Waals surface area contributed by atoms with E-state index in [1.165, 1.54) is 25.7 Å². The van der Waals surface area contributed by atoms with Crippen LogP contribution in [0.2, 0.25) is 0 Å². The van der Waals surface area contributed by atoms with Crippen LogP contribution in [0.5, 0.6) is 0 Å². The quantitative estimate of drug-likeness (QED) is 0.798. The highest BCUT2D eigenvalue weighted by molar-refractivity contribution is 5.62. The van der Waals surface area contributed by atoms with Crippen LogP contribution < -0.4 is 10.9 Å². The van der Waals surface area contributed by atoms with Crippen LogP contribution in [0.15, 0.2) is 35.1 Å². The zero-order chi connectivity index (χ0) is 13.9. The number of benzene rings is 1. The van der Waals surface area contributed by atoms with Crippen LogP contribution in [0.4, 0.5) is 5.69 Å². The van der Waals surface area contributed by atoms with Crippen molar-refractivity contribution < 1.29 is 0 Å². The second-order valence-corrected chi connectivity index (χ2v) is 5.73. The molecule has 0 aliphatic heterocycles. The number of H-pyrrole nitrogens is 2. The Hall–Kier alpha value is -1.97. The van der Waals surface area contributed by atoms with Gasteiger partial charge in [0.2, 0.25) is 0 Å². The van der Waals surface area contributed by atoms with Crippen LogP contribution in [-0.4, -0.2) is 16.2 Å². The van der Waals surface area contributed by atoms with Crippen molar-refractivity contribution in [2.24, 2.45) is 5.92 Å². The zero-order valence-corrected chi connectivity index (χ0v) is 11.8. The molecule has 2 aromatic rings. The second-order valence-electron chi connectivity index (χ2n) is 5.73. The Bertz CT molecular complexity index is 605. The molecule has 4 nitrogen and oxygen atoms in total. The maximum atomic E-state index is 11.1. The second kappa shape index (κ2) is 5.57. The van der Waals surface area contributed by atoms with Gasteiger partial charge in [-0.1, -0.05) is 25.0 Å². The molecule has 106 valence electrons. The number of anilines is 1. The van der Waals surface area contributed by atoms with Crippen molar-refractivity contribution in [2.75, 3.05) is 5.32 Å². The van der Waals surface area contributed by atoms with Crippen molar-refractivity contribution in [1.82, 2.24) is 10.2 Å². The van der Waals surface area contributed by atoms with E-state index in [2.05, 4.69) is 34.6 Å². The minimum Gasteiger partial charge on any atom is -0.382 e. The zero-order valence-electron chi connectivity index (χ0n) is 11.8. The van der Waals surface area contributed by atoms with Crippen molar-refractivity contribution in [3.05, 3.63) is 40.7 Å². The van der Waals surface area contributed by atoms with E-state index in [0.29, 0.717) is 6.04 Å². The molecule has 0 radical (unpaired) electrons. The van der Waals surface area contributed by atoms with Crippen LogP contribution >= 0.6 is 0 Å². The molecule has 20 heavy (non-hydrogen) atoms. The molecule has 0 amide bonds. The van der Waals surface area contributed by atoms with Gasteiger partial charge in [0.05, 0.1) is 5.69 Å². The first-order valence-corrected chi connectivity index (χ1v) is 7.37. The molecule has 1 unspecified atom stereocenters. The summed E-state index contributed by atoms with van der Waals surface area (Å²) in [7, 11) is 0. The minimum atomic E-state index is -0.0999. The summed E-state index contributed by atoms with van der Waals surface area (Å²) in [5, 5.41) is 9.01. The van der Waals surface area contributed by atoms with Crippen LogP contribution in [0.25, 0.3) is 11.3 Å². The number of nitrogens with one attached hydrogen (secondary N) is 3. The number of hydrogen-bond acceptors (Lipinski definition) is 2. The third-order valence-corrected chi connectivity index (χ3v) is 4.29. The van der Waals surface area contributed by atoms with E-state index in [-0.39, 0.29) is 5.56 Å². The van der Waals surface area contributed by atoms with Crippen molar-refractivity contribution in [1.29, 1.82) is 0 Å². The first-order valence-electron chi connectivity index (χ1n) is 7.37. The number of aromatic nitrogens is 2. The average molecular weight is 271 g/mol. The largest absolute Gasteiger partial charge is 0.382 e. The molecule has 4 heteroatoms. The average Bonchev–Trinajstić information content (AvgIpc) is 3.10. The van der Waals surface area contributed by atoms with Crippen molar-refractivity contribution in [3.8, 4) is 11.3 Å². The predicted molar refractivity (Wildman–Crippen MR) is 81.9 cm³/mol. The Balaban J connectivity index is 1.68. The van der Waals surface area contributed by atoms with Gasteiger partial charge in [-0.2, -0.15) is 0 Å². The van der Waals surface area contributed by atoms with Crippen molar-refractivity contribution >= 4 is 5.69 Å². The molecule has 0 bridgehead atoms. The van der Waals surface area contributed by atoms with Crippen LogP contribution in [0.1, 0.15) is 32.6 Å². The summed E-state index contributed by atoms with van der Waals surface area (Å²) >= 11 is 0. The molecule has 1 aromatic heterocycles. The van der Waals surface area contributed by atoms with Gasteiger partial charge in [-0.05, 0) is 43.4 Å². The van der Waals surface area contributed by atoms with Crippen molar-refractivity contribution in [3.63, 3.8) is 0 Å². The fourth-order valence-corrected chi connectivity index (χ4v) is 3.07. The Morgan fingerprint density at radius 1 is 1.15 bits per heavy atom. The monoisotopic (exact) mass is 271 g/mol.